The van der Waals surface area contributed by atoms with Crippen molar-refractivity contribution in [3.8, 4) is 11.5 Å². The first kappa shape index (κ1) is 23.8. The number of esters is 1. The molecule has 1 amide bonds. The molecule has 3 rings (SSSR count). The summed E-state index contributed by atoms with van der Waals surface area (Å²) in [4.78, 5) is 24.3. The Bertz CT molecular complexity index is 1130. The van der Waals surface area contributed by atoms with Crippen LogP contribution in [0.5, 0.6) is 11.5 Å². The van der Waals surface area contributed by atoms with Gasteiger partial charge in [-0.1, -0.05) is 12.6 Å². The van der Waals surface area contributed by atoms with E-state index in [1.165, 1.54) is 33.5 Å². The van der Waals surface area contributed by atoms with E-state index in [4.69, 9.17) is 15.3 Å². The van der Waals surface area contributed by atoms with E-state index in [9.17, 15) is 14.0 Å². The maximum absolute atomic E-state index is 13.6. The largest absolute Gasteiger partial charge is 0.493 e. The van der Waals surface area contributed by atoms with Crippen molar-refractivity contribution in [1.82, 2.24) is 5.01 Å². The van der Waals surface area contributed by atoms with Crippen LogP contribution in [-0.2, 0) is 20.7 Å². The first-order valence-corrected chi connectivity index (χ1v) is 10.1. The molecule has 174 valence electrons. The normalized spacial score (nSPS) is 12.2. The molecule has 0 radical (unpaired) electrons. The molecule has 2 aromatic rings. The maximum atomic E-state index is 13.6. The van der Waals surface area contributed by atoms with E-state index < -0.39 is 17.7 Å². The average Bonchev–Trinajstić information content (AvgIpc) is 3.19. The molecule has 0 saturated carbocycles. The van der Waals surface area contributed by atoms with Crippen LogP contribution in [-0.4, -0.2) is 38.2 Å². The van der Waals surface area contributed by atoms with Gasteiger partial charge in [-0.3, -0.25) is 9.59 Å². The van der Waals surface area contributed by atoms with Gasteiger partial charge in [0.15, 0.2) is 11.5 Å². The lowest BCUT2D eigenvalue weighted by atomic mass is 10.1. The second kappa shape index (κ2) is 10.2. The van der Waals surface area contributed by atoms with Crippen LogP contribution < -0.4 is 20.6 Å². The Labute approximate surface area is 191 Å². The number of allylic oxidation sites excluding steroid dienone is 1. The third-order valence-corrected chi connectivity index (χ3v) is 5.28. The van der Waals surface area contributed by atoms with E-state index in [-0.39, 0.29) is 12.8 Å². The number of rotatable bonds is 9. The fourth-order valence-electron chi connectivity index (χ4n) is 3.62. The number of nitrogens with one attached hydrogen (secondary N) is 1. The summed E-state index contributed by atoms with van der Waals surface area (Å²) in [6.45, 7) is 4.09. The van der Waals surface area contributed by atoms with E-state index in [0.717, 1.165) is 10.6 Å². The number of hydrogen-bond acceptors (Lipinski definition) is 7. The van der Waals surface area contributed by atoms with E-state index in [0.29, 0.717) is 46.1 Å². The van der Waals surface area contributed by atoms with Crippen molar-refractivity contribution in [1.29, 1.82) is 0 Å². The number of carbonyl (C=O) groups excluding carboxylic acids is 2. The Morgan fingerprint density at radius 2 is 1.82 bits per heavy atom. The number of benzene rings is 2. The standard InChI is InChI=1S/C24H26FN3O5/c1-14(27-17-7-5-6-16(25)12-17)18-10-15-11-20(31-2)21(32-3)13-19(15)24(18)28(26)22(29)8-9-23(30)33-4/h5-7,11-13,27H,1,8-10,26H2,2-4H3. The van der Waals surface area contributed by atoms with Crippen LogP contribution in [0.3, 0.4) is 0 Å². The number of carbonyl (C=O) groups is 2. The van der Waals surface area contributed by atoms with Crippen molar-refractivity contribution in [2.24, 2.45) is 5.84 Å². The summed E-state index contributed by atoms with van der Waals surface area (Å²) in [5.74, 6) is 5.85. The molecule has 0 heterocycles. The minimum Gasteiger partial charge on any atom is -0.493 e. The highest BCUT2D eigenvalue weighted by molar-refractivity contribution is 5.93. The molecule has 9 heteroatoms. The predicted molar refractivity (Wildman–Crippen MR) is 122 cm³/mol. The monoisotopic (exact) mass is 455 g/mol. The summed E-state index contributed by atoms with van der Waals surface area (Å²) in [5.41, 5.74) is 3.50. The summed E-state index contributed by atoms with van der Waals surface area (Å²) in [7, 11) is 4.29. The number of nitrogens with two attached hydrogens (primary N) is 1. The van der Waals surface area contributed by atoms with Crippen molar-refractivity contribution < 1.29 is 28.2 Å². The van der Waals surface area contributed by atoms with E-state index >= 15 is 0 Å². The van der Waals surface area contributed by atoms with Crippen molar-refractivity contribution >= 4 is 23.3 Å². The first-order valence-electron chi connectivity index (χ1n) is 10.1. The van der Waals surface area contributed by atoms with Crippen molar-refractivity contribution in [2.75, 3.05) is 26.6 Å². The Kier molecular flexibility index (Phi) is 7.34. The summed E-state index contributed by atoms with van der Waals surface area (Å²) >= 11 is 0. The fourth-order valence-corrected chi connectivity index (χ4v) is 3.62. The number of amides is 1. The molecule has 0 aliphatic heterocycles. The number of hydrazine groups is 1. The van der Waals surface area contributed by atoms with Gasteiger partial charge in [0.2, 0.25) is 5.91 Å². The van der Waals surface area contributed by atoms with Crippen LogP contribution in [0.15, 0.2) is 54.2 Å². The highest BCUT2D eigenvalue weighted by atomic mass is 19.1. The molecule has 0 saturated heterocycles. The lowest BCUT2D eigenvalue weighted by molar-refractivity contribution is -0.143. The molecule has 0 bridgehead atoms. The molecule has 0 aromatic heterocycles. The molecular weight excluding hydrogens is 429 g/mol. The zero-order valence-corrected chi connectivity index (χ0v) is 18.7. The highest BCUT2D eigenvalue weighted by Gasteiger charge is 2.31. The smallest absolute Gasteiger partial charge is 0.306 e. The van der Waals surface area contributed by atoms with Crippen molar-refractivity contribution in [3.63, 3.8) is 0 Å². The van der Waals surface area contributed by atoms with Crippen LogP contribution in [0.25, 0.3) is 5.70 Å². The van der Waals surface area contributed by atoms with Crippen molar-refractivity contribution in [2.45, 2.75) is 19.3 Å². The average molecular weight is 455 g/mol. The molecule has 1 aliphatic carbocycles. The molecule has 0 fully saturated rings. The molecule has 8 nitrogen and oxygen atoms in total. The molecule has 33 heavy (non-hydrogen) atoms. The number of nitrogens with zero attached hydrogens (tertiary/aromatic N) is 1. The Morgan fingerprint density at radius 3 is 2.45 bits per heavy atom. The maximum Gasteiger partial charge on any atom is 0.306 e. The second-order valence-corrected chi connectivity index (χ2v) is 7.32. The second-order valence-electron chi connectivity index (χ2n) is 7.32. The zero-order chi connectivity index (χ0) is 24.1. The Balaban J connectivity index is 2.01. The van der Waals surface area contributed by atoms with Crippen molar-refractivity contribution in [3.05, 3.63) is 71.2 Å². The third kappa shape index (κ3) is 5.15. The Morgan fingerprint density at radius 1 is 1.12 bits per heavy atom. The molecule has 0 unspecified atom stereocenters. The van der Waals surface area contributed by atoms with Gasteiger partial charge >= 0.3 is 5.97 Å². The summed E-state index contributed by atoms with van der Waals surface area (Å²) in [6.07, 6.45) is 0.156. The molecule has 2 aromatic carbocycles. The number of methoxy groups -OCH3 is 3. The number of ether oxygens (including phenoxy) is 3. The summed E-state index contributed by atoms with van der Waals surface area (Å²) < 4.78 is 29.1. The van der Waals surface area contributed by atoms with E-state index in [1.807, 2.05) is 6.07 Å². The van der Waals surface area contributed by atoms with E-state index in [1.54, 1.807) is 18.2 Å². The van der Waals surface area contributed by atoms with Gasteiger partial charge in [0, 0.05) is 35.4 Å². The summed E-state index contributed by atoms with van der Waals surface area (Å²) in [5, 5.41) is 4.09. The quantitative estimate of drug-likeness (QED) is 0.259. The molecule has 0 spiro atoms. The highest BCUT2D eigenvalue weighted by Crippen LogP contribution is 2.43. The van der Waals surface area contributed by atoms with Crippen LogP contribution in [0.1, 0.15) is 24.0 Å². The van der Waals surface area contributed by atoms with Gasteiger partial charge in [-0.15, -0.1) is 0 Å². The van der Waals surface area contributed by atoms with Crippen LogP contribution in [0, 0.1) is 5.82 Å². The zero-order valence-electron chi connectivity index (χ0n) is 18.7. The lowest BCUT2D eigenvalue weighted by Gasteiger charge is -2.22. The number of fused-ring (bicyclic) bond motifs is 1. The molecular formula is C24H26FN3O5. The number of anilines is 1. The van der Waals surface area contributed by atoms with Crippen LogP contribution in [0.2, 0.25) is 0 Å². The van der Waals surface area contributed by atoms with E-state index in [2.05, 4.69) is 16.6 Å². The molecule has 0 atom stereocenters. The van der Waals surface area contributed by atoms with Crippen LogP contribution >= 0.6 is 0 Å². The first-order chi connectivity index (χ1) is 15.8. The van der Waals surface area contributed by atoms with Gasteiger partial charge in [0.25, 0.3) is 0 Å². The van der Waals surface area contributed by atoms with Gasteiger partial charge in [-0.25, -0.2) is 15.2 Å². The summed E-state index contributed by atoms with van der Waals surface area (Å²) in [6, 6.07) is 9.49. The predicted octanol–water partition coefficient (Wildman–Crippen LogP) is 3.39. The topological polar surface area (TPSA) is 103 Å². The Hall–Kier alpha value is -3.85. The molecule has 1 aliphatic rings. The van der Waals surface area contributed by atoms with Gasteiger partial charge < -0.3 is 19.5 Å². The number of halogens is 1. The minimum atomic E-state index is -0.513. The van der Waals surface area contributed by atoms with Crippen LogP contribution in [0.4, 0.5) is 10.1 Å². The van der Waals surface area contributed by atoms with Gasteiger partial charge in [-0.2, -0.15) is 0 Å². The number of hydrogen-bond donors (Lipinski definition) is 2. The van der Waals surface area contributed by atoms with Gasteiger partial charge in [0.1, 0.15) is 5.82 Å². The minimum absolute atomic E-state index is 0.104. The van der Waals surface area contributed by atoms with Gasteiger partial charge in [0.05, 0.1) is 33.4 Å². The third-order valence-electron chi connectivity index (χ3n) is 5.28. The SMILES string of the molecule is C=C(Nc1cccc(F)c1)C1=C(N(N)C(=O)CCC(=O)OC)c2cc(OC)c(OC)cc2C1. The lowest BCUT2D eigenvalue weighted by Crippen LogP contribution is -2.36. The van der Waals surface area contributed by atoms with Gasteiger partial charge in [-0.05, 0) is 35.9 Å². The fraction of sp³-hybridized carbons (Fsp3) is 0.250. The molecule has 3 N–H and O–H groups in total.